The fourth-order valence-electron chi connectivity index (χ4n) is 3.55. The van der Waals surface area contributed by atoms with Crippen LogP contribution < -0.4 is 0 Å². The minimum atomic E-state index is -0.640. The van der Waals surface area contributed by atoms with Gasteiger partial charge in [0.25, 0.3) is 5.91 Å². The van der Waals surface area contributed by atoms with Crippen LogP contribution in [0.3, 0.4) is 0 Å². The number of aliphatic hydroxyl groups excluding tert-OH is 1. The van der Waals surface area contributed by atoms with Crippen molar-refractivity contribution in [1.29, 1.82) is 0 Å². The van der Waals surface area contributed by atoms with Crippen LogP contribution in [0.1, 0.15) is 24.9 Å². The van der Waals surface area contributed by atoms with E-state index in [4.69, 9.17) is 16.3 Å². The number of carbonyl (C=O) groups excluding carboxylic acids is 2. The van der Waals surface area contributed by atoms with E-state index in [0.29, 0.717) is 17.1 Å². The summed E-state index contributed by atoms with van der Waals surface area (Å²) in [4.78, 5) is 28.5. The number of halogens is 1. The molecule has 2 heterocycles. The van der Waals surface area contributed by atoms with Gasteiger partial charge >= 0.3 is 0 Å². The molecule has 0 radical (unpaired) electrons. The average molecular weight is 379 g/mol. The Morgan fingerprint density at radius 1 is 1.27 bits per heavy atom. The highest BCUT2D eigenvalue weighted by atomic mass is 35.5. The van der Waals surface area contributed by atoms with Gasteiger partial charge in [0.05, 0.1) is 24.8 Å². The summed E-state index contributed by atoms with van der Waals surface area (Å²) < 4.78 is 5.34. The first-order chi connectivity index (χ1) is 12.5. The Morgan fingerprint density at radius 2 is 1.96 bits per heavy atom. The van der Waals surface area contributed by atoms with Gasteiger partial charge in [-0.2, -0.15) is 0 Å². The largest absolute Gasteiger partial charge is 0.503 e. The highest BCUT2D eigenvalue weighted by Gasteiger charge is 2.42. The van der Waals surface area contributed by atoms with Crippen molar-refractivity contribution in [3.8, 4) is 0 Å². The first kappa shape index (κ1) is 18.9. The van der Waals surface area contributed by atoms with E-state index in [0.717, 1.165) is 39.3 Å². The molecule has 1 fully saturated rings. The van der Waals surface area contributed by atoms with Gasteiger partial charge in [-0.1, -0.05) is 29.8 Å². The number of benzene rings is 1. The number of rotatable bonds is 6. The second kappa shape index (κ2) is 8.20. The maximum atomic E-state index is 12.6. The molecule has 1 aromatic carbocycles. The summed E-state index contributed by atoms with van der Waals surface area (Å²) >= 11 is 6.32. The number of ether oxygens (including phenoxy) is 1. The van der Waals surface area contributed by atoms with Crippen molar-refractivity contribution in [3.63, 3.8) is 0 Å². The molecule has 1 amide bonds. The number of amides is 1. The molecule has 0 unspecified atom stereocenters. The second-order valence-corrected chi connectivity index (χ2v) is 6.96. The Labute approximate surface area is 158 Å². The summed E-state index contributed by atoms with van der Waals surface area (Å²) in [6.07, 6.45) is 0.741. The highest BCUT2D eigenvalue weighted by molar-refractivity contribution is 6.31. The molecule has 2 aliphatic rings. The molecule has 0 aliphatic carbocycles. The number of aliphatic hydroxyl groups is 1. The summed E-state index contributed by atoms with van der Waals surface area (Å²) in [5, 5.41) is 10.7. The van der Waals surface area contributed by atoms with E-state index in [1.807, 2.05) is 6.07 Å². The minimum Gasteiger partial charge on any atom is -0.503 e. The van der Waals surface area contributed by atoms with Crippen LogP contribution in [0.15, 0.2) is 35.6 Å². The van der Waals surface area contributed by atoms with Crippen LogP contribution in [-0.2, 0) is 14.3 Å². The van der Waals surface area contributed by atoms with Crippen LogP contribution >= 0.6 is 11.6 Å². The van der Waals surface area contributed by atoms with Crippen molar-refractivity contribution in [3.05, 3.63) is 46.2 Å². The molecular weight excluding hydrogens is 356 g/mol. The zero-order valence-electron chi connectivity index (χ0n) is 14.8. The lowest BCUT2D eigenvalue weighted by Gasteiger charge is -2.30. The molecule has 1 saturated heterocycles. The first-order valence-electron chi connectivity index (χ1n) is 8.80. The van der Waals surface area contributed by atoms with E-state index in [2.05, 4.69) is 4.90 Å². The summed E-state index contributed by atoms with van der Waals surface area (Å²) in [5.41, 5.74) is 0.776. The molecule has 0 bridgehead atoms. The van der Waals surface area contributed by atoms with E-state index in [1.165, 1.54) is 6.92 Å². The lowest BCUT2D eigenvalue weighted by atomic mass is 9.96. The third-order valence-corrected chi connectivity index (χ3v) is 5.20. The Bertz CT molecular complexity index is 728. The Kier molecular flexibility index (Phi) is 5.96. The van der Waals surface area contributed by atoms with Crippen LogP contribution in [0.4, 0.5) is 0 Å². The maximum absolute atomic E-state index is 12.6. The van der Waals surface area contributed by atoms with Crippen molar-refractivity contribution in [2.24, 2.45) is 0 Å². The normalized spacial score (nSPS) is 21.5. The standard InChI is InChI=1S/C19H23ClN2O4/c1-13(23)16-17(14-5-2-3-6-15(14)20)22(19(25)18(16)24)8-4-7-21-9-11-26-12-10-21/h2-3,5-6,17,24H,4,7-12H2,1H3/t17-/m1/s1. The van der Waals surface area contributed by atoms with Crippen molar-refractivity contribution < 1.29 is 19.4 Å². The third kappa shape index (κ3) is 3.77. The van der Waals surface area contributed by atoms with E-state index < -0.39 is 17.7 Å². The van der Waals surface area contributed by atoms with Gasteiger partial charge in [-0.05, 0) is 25.0 Å². The molecule has 140 valence electrons. The van der Waals surface area contributed by atoms with Crippen molar-refractivity contribution >= 4 is 23.3 Å². The average Bonchev–Trinajstić information content (AvgIpc) is 2.88. The van der Waals surface area contributed by atoms with Crippen molar-refractivity contribution in [1.82, 2.24) is 9.80 Å². The number of nitrogens with zero attached hydrogens (tertiary/aromatic N) is 2. The van der Waals surface area contributed by atoms with Gasteiger partial charge in [-0.15, -0.1) is 0 Å². The predicted octanol–water partition coefficient (Wildman–Crippen LogP) is 2.35. The fraction of sp³-hybridized carbons (Fsp3) is 0.474. The topological polar surface area (TPSA) is 70.1 Å². The summed E-state index contributed by atoms with van der Waals surface area (Å²) in [6, 6.07) is 6.48. The Hall–Kier alpha value is -1.89. The zero-order chi connectivity index (χ0) is 18.7. The van der Waals surface area contributed by atoms with Crippen LogP contribution in [0.25, 0.3) is 0 Å². The first-order valence-corrected chi connectivity index (χ1v) is 9.18. The molecule has 7 heteroatoms. The molecule has 0 spiro atoms. The second-order valence-electron chi connectivity index (χ2n) is 6.55. The molecule has 1 N–H and O–H groups in total. The van der Waals surface area contributed by atoms with E-state index >= 15 is 0 Å². The van der Waals surface area contributed by atoms with Crippen molar-refractivity contribution in [2.75, 3.05) is 39.4 Å². The van der Waals surface area contributed by atoms with Gasteiger partial charge in [-0.25, -0.2) is 0 Å². The number of Topliss-reactive ketones (excluding diaryl/α,β-unsaturated/α-hetero) is 1. The maximum Gasteiger partial charge on any atom is 0.290 e. The molecule has 0 saturated carbocycles. The molecule has 2 aliphatic heterocycles. The Morgan fingerprint density at radius 3 is 2.62 bits per heavy atom. The van der Waals surface area contributed by atoms with Crippen LogP contribution in [0, 0.1) is 0 Å². The Balaban J connectivity index is 1.79. The van der Waals surface area contributed by atoms with Gasteiger partial charge in [-0.3, -0.25) is 14.5 Å². The lowest BCUT2D eigenvalue weighted by molar-refractivity contribution is -0.129. The molecule has 1 aromatic rings. The number of ketones is 1. The van der Waals surface area contributed by atoms with Crippen LogP contribution in [-0.4, -0.2) is 66.0 Å². The summed E-state index contributed by atoms with van der Waals surface area (Å²) in [5.74, 6) is -1.30. The predicted molar refractivity (Wildman–Crippen MR) is 98.1 cm³/mol. The monoisotopic (exact) mass is 378 g/mol. The third-order valence-electron chi connectivity index (χ3n) is 4.86. The van der Waals surface area contributed by atoms with Gasteiger partial charge in [0.1, 0.15) is 0 Å². The van der Waals surface area contributed by atoms with Gasteiger partial charge in [0.15, 0.2) is 11.5 Å². The number of hydrogen-bond acceptors (Lipinski definition) is 5. The molecule has 26 heavy (non-hydrogen) atoms. The molecule has 1 atom stereocenters. The van der Waals surface area contributed by atoms with Crippen molar-refractivity contribution in [2.45, 2.75) is 19.4 Å². The van der Waals surface area contributed by atoms with E-state index in [9.17, 15) is 14.7 Å². The van der Waals surface area contributed by atoms with Crippen LogP contribution in [0.5, 0.6) is 0 Å². The SMILES string of the molecule is CC(=O)C1=C(O)C(=O)N(CCCN2CCOCC2)[C@@H]1c1ccccc1Cl. The number of carbonyl (C=O) groups is 2. The molecule has 0 aromatic heterocycles. The zero-order valence-corrected chi connectivity index (χ0v) is 15.5. The number of hydrogen-bond donors (Lipinski definition) is 1. The van der Waals surface area contributed by atoms with E-state index in [1.54, 1.807) is 23.1 Å². The highest BCUT2D eigenvalue weighted by Crippen LogP contribution is 2.40. The fourth-order valence-corrected chi connectivity index (χ4v) is 3.79. The number of morpholine rings is 1. The molecule has 3 rings (SSSR count). The van der Waals surface area contributed by atoms with Gasteiger partial charge in [0.2, 0.25) is 0 Å². The van der Waals surface area contributed by atoms with Gasteiger partial charge in [0, 0.05) is 31.2 Å². The van der Waals surface area contributed by atoms with Crippen LogP contribution in [0.2, 0.25) is 5.02 Å². The lowest BCUT2D eigenvalue weighted by Crippen LogP contribution is -2.39. The molecular formula is C19H23ClN2O4. The minimum absolute atomic E-state index is 0.120. The van der Waals surface area contributed by atoms with Gasteiger partial charge < -0.3 is 14.7 Å². The quantitative estimate of drug-likeness (QED) is 0.822. The molecule has 6 nitrogen and oxygen atoms in total. The smallest absolute Gasteiger partial charge is 0.290 e. The summed E-state index contributed by atoms with van der Waals surface area (Å²) in [6.45, 7) is 5.84. The van der Waals surface area contributed by atoms with E-state index in [-0.39, 0.29) is 11.4 Å². The summed E-state index contributed by atoms with van der Waals surface area (Å²) in [7, 11) is 0.